The van der Waals surface area contributed by atoms with E-state index in [2.05, 4.69) is 40.4 Å². The van der Waals surface area contributed by atoms with E-state index in [-0.39, 0.29) is 0 Å². The molecule has 0 aliphatic rings. The normalized spacial score (nSPS) is 11.2. The Labute approximate surface area is 108 Å². The van der Waals surface area contributed by atoms with Crippen LogP contribution in [0.15, 0.2) is 24.4 Å². The number of hydrogen-bond donors (Lipinski definition) is 1. The van der Waals surface area contributed by atoms with Gasteiger partial charge in [0.05, 0.1) is 28.7 Å². The summed E-state index contributed by atoms with van der Waals surface area (Å²) in [6, 6.07) is 6.23. The Hall–Kier alpha value is -1.79. The van der Waals surface area contributed by atoms with E-state index in [1.54, 1.807) is 16.0 Å². The first kappa shape index (κ1) is 11.3. The predicted octanol–water partition coefficient (Wildman–Crippen LogP) is 1.70. The molecule has 0 amide bonds. The van der Waals surface area contributed by atoms with E-state index in [1.807, 2.05) is 6.20 Å². The smallest absolute Gasteiger partial charge is 0.115 e. The summed E-state index contributed by atoms with van der Waals surface area (Å²) in [4.78, 5) is 4.64. The van der Waals surface area contributed by atoms with Crippen LogP contribution >= 0.6 is 11.3 Å². The molecule has 0 radical (unpaired) electrons. The van der Waals surface area contributed by atoms with Gasteiger partial charge in [-0.2, -0.15) is 0 Å². The van der Waals surface area contributed by atoms with Gasteiger partial charge in [0, 0.05) is 6.54 Å². The van der Waals surface area contributed by atoms with Crippen LogP contribution < -0.4 is 5.73 Å². The van der Waals surface area contributed by atoms with Gasteiger partial charge in [-0.1, -0.05) is 17.3 Å². The summed E-state index contributed by atoms with van der Waals surface area (Å²) in [5.41, 5.74) is 8.59. The van der Waals surface area contributed by atoms with Crippen molar-refractivity contribution < 1.29 is 0 Å². The average molecular weight is 259 g/mol. The van der Waals surface area contributed by atoms with Crippen molar-refractivity contribution in [1.82, 2.24) is 20.0 Å². The molecule has 0 unspecified atom stereocenters. The van der Waals surface area contributed by atoms with Crippen LogP contribution in [0, 0.1) is 6.92 Å². The highest BCUT2D eigenvalue weighted by atomic mass is 32.1. The maximum absolute atomic E-state index is 5.51. The van der Waals surface area contributed by atoms with Crippen LogP contribution in [-0.2, 0) is 13.1 Å². The molecule has 0 fully saturated rings. The highest BCUT2D eigenvalue weighted by Gasteiger charge is 2.07. The molecule has 0 saturated carbocycles. The number of aryl methyl sites for hydroxylation is 1. The van der Waals surface area contributed by atoms with Crippen LogP contribution in [0.2, 0.25) is 0 Å². The number of nitrogens with zero attached hydrogens (tertiary/aromatic N) is 4. The average Bonchev–Trinajstić information content (AvgIpc) is 2.96. The van der Waals surface area contributed by atoms with Crippen molar-refractivity contribution in [3.8, 4) is 0 Å². The van der Waals surface area contributed by atoms with E-state index in [1.165, 1.54) is 10.3 Å². The maximum atomic E-state index is 5.51. The molecule has 3 aromatic rings. The number of rotatable bonds is 3. The van der Waals surface area contributed by atoms with Gasteiger partial charge < -0.3 is 5.73 Å². The van der Waals surface area contributed by atoms with Gasteiger partial charge in [-0.25, -0.2) is 9.67 Å². The molecule has 5 nitrogen and oxygen atoms in total. The van der Waals surface area contributed by atoms with Crippen molar-refractivity contribution in [1.29, 1.82) is 0 Å². The molecule has 0 saturated heterocycles. The largest absolute Gasteiger partial charge is 0.325 e. The molecule has 3 rings (SSSR count). The van der Waals surface area contributed by atoms with E-state index < -0.39 is 0 Å². The fraction of sp³-hybridized carbons (Fsp3) is 0.250. The topological polar surface area (TPSA) is 69.6 Å². The minimum absolute atomic E-state index is 0.416. The quantitative estimate of drug-likeness (QED) is 0.777. The SMILES string of the molecule is Cc1cccc2sc(Cn3cc(CN)nn3)nc12. The summed E-state index contributed by atoms with van der Waals surface area (Å²) in [6.45, 7) is 3.14. The number of thiazole rings is 1. The van der Waals surface area contributed by atoms with Crippen LogP contribution in [0.4, 0.5) is 0 Å². The second-order valence-corrected chi connectivity index (χ2v) is 5.26. The Bertz CT molecular complexity index is 685. The zero-order valence-corrected chi connectivity index (χ0v) is 10.8. The van der Waals surface area contributed by atoms with Gasteiger partial charge in [-0.15, -0.1) is 16.4 Å². The van der Waals surface area contributed by atoms with E-state index in [4.69, 9.17) is 5.73 Å². The summed E-state index contributed by atoms with van der Waals surface area (Å²) in [6.07, 6.45) is 1.86. The molecule has 2 N–H and O–H groups in total. The van der Waals surface area contributed by atoms with Gasteiger partial charge in [-0.05, 0) is 18.6 Å². The standard InChI is InChI=1S/C12H13N5S/c1-8-3-2-4-10-12(8)14-11(18-10)7-17-6-9(5-13)15-16-17/h2-4,6H,5,7,13H2,1H3. The van der Waals surface area contributed by atoms with Gasteiger partial charge in [0.25, 0.3) is 0 Å². The molecule has 0 bridgehead atoms. The van der Waals surface area contributed by atoms with Crippen LogP contribution in [-0.4, -0.2) is 20.0 Å². The zero-order valence-electron chi connectivity index (χ0n) is 10.00. The number of fused-ring (bicyclic) bond motifs is 1. The first-order valence-electron chi connectivity index (χ1n) is 5.70. The van der Waals surface area contributed by atoms with Crippen molar-refractivity contribution in [3.63, 3.8) is 0 Å². The van der Waals surface area contributed by atoms with Crippen molar-refractivity contribution >= 4 is 21.6 Å². The van der Waals surface area contributed by atoms with Crippen LogP contribution in [0.1, 0.15) is 16.3 Å². The predicted molar refractivity (Wildman–Crippen MR) is 71.4 cm³/mol. The van der Waals surface area contributed by atoms with Crippen LogP contribution in [0.25, 0.3) is 10.2 Å². The molecule has 0 spiro atoms. The van der Waals surface area contributed by atoms with Gasteiger partial charge >= 0.3 is 0 Å². The summed E-state index contributed by atoms with van der Waals surface area (Å²) >= 11 is 1.69. The molecular weight excluding hydrogens is 246 g/mol. The lowest BCUT2D eigenvalue weighted by Gasteiger charge is -1.94. The molecule has 1 aromatic carbocycles. The van der Waals surface area contributed by atoms with Gasteiger partial charge in [-0.3, -0.25) is 0 Å². The third-order valence-corrected chi connectivity index (χ3v) is 3.76. The molecule has 92 valence electrons. The monoisotopic (exact) mass is 259 g/mol. The molecule has 0 aliphatic heterocycles. The Morgan fingerprint density at radius 1 is 1.39 bits per heavy atom. The van der Waals surface area contributed by atoms with Crippen LogP contribution in [0.3, 0.4) is 0 Å². The van der Waals surface area contributed by atoms with Crippen molar-refractivity contribution in [3.05, 3.63) is 40.7 Å². The van der Waals surface area contributed by atoms with Gasteiger partial charge in [0.2, 0.25) is 0 Å². The number of para-hydroxylation sites is 1. The molecule has 0 aliphatic carbocycles. The highest BCUT2D eigenvalue weighted by molar-refractivity contribution is 7.18. The number of aromatic nitrogens is 4. The number of hydrogen-bond acceptors (Lipinski definition) is 5. The lowest BCUT2D eigenvalue weighted by atomic mass is 10.2. The molecule has 0 atom stereocenters. The Kier molecular flexibility index (Phi) is 2.81. The summed E-state index contributed by atoms with van der Waals surface area (Å²) in [7, 11) is 0. The number of benzene rings is 1. The Balaban J connectivity index is 1.93. The van der Waals surface area contributed by atoms with E-state index >= 15 is 0 Å². The molecule has 2 heterocycles. The second-order valence-electron chi connectivity index (χ2n) is 4.14. The summed E-state index contributed by atoms with van der Waals surface area (Å²) in [5.74, 6) is 0. The fourth-order valence-corrected chi connectivity index (χ4v) is 2.89. The Morgan fingerprint density at radius 3 is 3.00 bits per heavy atom. The first-order chi connectivity index (χ1) is 8.76. The molecule has 18 heavy (non-hydrogen) atoms. The lowest BCUT2D eigenvalue weighted by molar-refractivity contribution is 0.647. The molecule has 6 heteroatoms. The zero-order chi connectivity index (χ0) is 12.5. The summed E-state index contributed by atoms with van der Waals surface area (Å²) < 4.78 is 2.99. The first-order valence-corrected chi connectivity index (χ1v) is 6.52. The molecule has 2 aromatic heterocycles. The summed E-state index contributed by atoms with van der Waals surface area (Å²) in [5, 5.41) is 9.03. The second kappa shape index (κ2) is 4.47. The maximum Gasteiger partial charge on any atom is 0.115 e. The van der Waals surface area contributed by atoms with Gasteiger partial charge in [0.15, 0.2) is 0 Å². The minimum Gasteiger partial charge on any atom is -0.325 e. The highest BCUT2D eigenvalue weighted by Crippen LogP contribution is 2.24. The Morgan fingerprint density at radius 2 is 2.28 bits per heavy atom. The third-order valence-electron chi connectivity index (χ3n) is 2.76. The third kappa shape index (κ3) is 2.00. The van der Waals surface area contributed by atoms with E-state index in [0.717, 1.165) is 16.2 Å². The van der Waals surface area contributed by atoms with Gasteiger partial charge in [0.1, 0.15) is 5.01 Å². The van der Waals surface area contributed by atoms with E-state index in [0.29, 0.717) is 13.1 Å². The van der Waals surface area contributed by atoms with Crippen molar-refractivity contribution in [2.24, 2.45) is 5.73 Å². The number of nitrogens with two attached hydrogens (primary N) is 1. The fourth-order valence-electron chi connectivity index (χ4n) is 1.85. The molecular formula is C12H13N5S. The lowest BCUT2D eigenvalue weighted by Crippen LogP contribution is -2.00. The minimum atomic E-state index is 0.416. The van der Waals surface area contributed by atoms with Crippen LogP contribution in [0.5, 0.6) is 0 Å². The van der Waals surface area contributed by atoms with E-state index in [9.17, 15) is 0 Å². The van der Waals surface area contributed by atoms with Crippen molar-refractivity contribution in [2.75, 3.05) is 0 Å². The van der Waals surface area contributed by atoms with Crippen molar-refractivity contribution in [2.45, 2.75) is 20.0 Å².